The molecule has 1 aromatic carbocycles. The van der Waals surface area contributed by atoms with Crippen LogP contribution in [-0.4, -0.2) is 41.4 Å². The Hall–Kier alpha value is -2.44. The quantitative estimate of drug-likeness (QED) is 0.475. The van der Waals surface area contributed by atoms with Gasteiger partial charge in [-0.1, -0.05) is 19.3 Å². The molecule has 7 heteroatoms. The molecule has 0 unspecified atom stereocenters. The minimum Gasteiger partial charge on any atom is -0.452 e. The van der Waals surface area contributed by atoms with E-state index in [1.54, 1.807) is 4.90 Å². The molecule has 7 nitrogen and oxygen atoms in total. The number of carbonyl (C=O) groups is 2. The van der Waals surface area contributed by atoms with Crippen molar-refractivity contribution in [1.82, 2.24) is 4.90 Å². The first-order chi connectivity index (χ1) is 12.0. The summed E-state index contributed by atoms with van der Waals surface area (Å²) in [6.07, 6.45) is 6.01. The van der Waals surface area contributed by atoms with Crippen LogP contribution >= 0.6 is 0 Å². The maximum atomic E-state index is 12.3. The van der Waals surface area contributed by atoms with Gasteiger partial charge in [0.1, 0.15) is 0 Å². The summed E-state index contributed by atoms with van der Waals surface area (Å²) in [6.45, 7) is 1.21. The van der Waals surface area contributed by atoms with E-state index in [2.05, 4.69) is 0 Å². The Bertz CT molecular complexity index is 658. The van der Waals surface area contributed by atoms with Crippen LogP contribution < -0.4 is 0 Å². The molecule has 2 aliphatic rings. The first-order valence-corrected chi connectivity index (χ1v) is 8.74. The number of ether oxygens (including phenoxy) is 1. The predicted molar refractivity (Wildman–Crippen MR) is 90.0 cm³/mol. The van der Waals surface area contributed by atoms with Crippen LogP contribution in [0.1, 0.15) is 42.5 Å². The summed E-state index contributed by atoms with van der Waals surface area (Å²) in [7, 11) is 0. The second-order valence-electron chi connectivity index (χ2n) is 6.81. The first kappa shape index (κ1) is 17.4. The minimum atomic E-state index is -0.643. The highest BCUT2D eigenvalue weighted by atomic mass is 16.6. The van der Waals surface area contributed by atoms with Gasteiger partial charge in [0.05, 0.1) is 10.5 Å². The van der Waals surface area contributed by atoms with Gasteiger partial charge in [0.25, 0.3) is 11.6 Å². The van der Waals surface area contributed by atoms with Crippen LogP contribution in [0, 0.1) is 22.0 Å². The summed E-state index contributed by atoms with van der Waals surface area (Å²) in [4.78, 5) is 36.2. The zero-order valence-electron chi connectivity index (χ0n) is 14.1. The van der Waals surface area contributed by atoms with Crippen LogP contribution in [0.4, 0.5) is 5.69 Å². The summed E-state index contributed by atoms with van der Waals surface area (Å²) in [5, 5.41) is 10.6. The van der Waals surface area contributed by atoms with Crippen molar-refractivity contribution in [1.29, 1.82) is 0 Å². The molecule has 1 aliphatic carbocycles. The van der Waals surface area contributed by atoms with Crippen molar-refractivity contribution in [3.63, 3.8) is 0 Å². The number of benzene rings is 1. The van der Waals surface area contributed by atoms with Gasteiger partial charge in [0, 0.05) is 25.2 Å². The van der Waals surface area contributed by atoms with Crippen LogP contribution in [-0.2, 0) is 9.53 Å². The van der Waals surface area contributed by atoms with Gasteiger partial charge in [0.2, 0.25) is 0 Å². The number of amides is 1. The lowest BCUT2D eigenvalue weighted by atomic mass is 9.75. The minimum absolute atomic E-state index is 0.0945. The molecule has 1 saturated heterocycles. The number of non-ortho nitro benzene ring substituents is 1. The van der Waals surface area contributed by atoms with E-state index in [0.29, 0.717) is 5.92 Å². The van der Waals surface area contributed by atoms with Crippen LogP contribution in [0.15, 0.2) is 24.3 Å². The number of carbonyl (C=O) groups excluding carboxylic acids is 2. The highest BCUT2D eigenvalue weighted by Crippen LogP contribution is 2.36. The lowest BCUT2D eigenvalue weighted by Crippen LogP contribution is -2.46. The normalized spacial score (nSPS) is 22.8. The SMILES string of the molecule is O=C(OCC(=O)N1CC[C@H]2CCCC[C@@H]2C1)c1ccc([N+](=O)[O-])cc1. The number of rotatable bonds is 4. The largest absolute Gasteiger partial charge is 0.452 e. The molecule has 0 radical (unpaired) electrons. The monoisotopic (exact) mass is 346 g/mol. The van der Waals surface area contributed by atoms with Gasteiger partial charge in [-0.2, -0.15) is 0 Å². The van der Waals surface area contributed by atoms with Crippen molar-refractivity contribution >= 4 is 17.6 Å². The highest BCUT2D eigenvalue weighted by molar-refractivity contribution is 5.91. The molecule has 3 rings (SSSR count). The van der Waals surface area contributed by atoms with E-state index in [4.69, 9.17) is 4.74 Å². The molecule has 2 fully saturated rings. The first-order valence-electron chi connectivity index (χ1n) is 8.74. The second-order valence-corrected chi connectivity index (χ2v) is 6.81. The Labute approximate surface area is 146 Å². The van der Waals surface area contributed by atoms with Crippen molar-refractivity contribution in [2.75, 3.05) is 19.7 Å². The Balaban J connectivity index is 1.50. The van der Waals surface area contributed by atoms with Gasteiger partial charge in [-0.3, -0.25) is 14.9 Å². The fourth-order valence-electron chi connectivity index (χ4n) is 3.85. The number of likely N-dealkylation sites (tertiary alicyclic amines) is 1. The molecular formula is C18H22N2O5. The molecule has 1 aliphatic heterocycles. The van der Waals surface area contributed by atoms with E-state index in [-0.39, 0.29) is 23.8 Å². The van der Waals surface area contributed by atoms with E-state index in [1.165, 1.54) is 49.9 Å². The van der Waals surface area contributed by atoms with Crippen molar-refractivity contribution in [2.45, 2.75) is 32.1 Å². The second kappa shape index (κ2) is 7.63. The summed E-state index contributed by atoms with van der Waals surface area (Å²) < 4.78 is 5.08. The van der Waals surface area contributed by atoms with Gasteiger partial charge in [0.15, 0.2) is 6.61 Å². The van der Waals surface area contributed by atoms with Crippen LogP contribution in [0.3, 0.4) is 0 Å². The van der Waals surface area contributed by atoms with Gasteiger partial charge < -0.3 is 9.64 Å². The third-order valence-electron chi connectivity index (χ3n) is 5.28. The van der Waals surface area contributed by atoms with Crippen LogP contribution in [0.2, 0.25) is 0 Å². The topological polar surface area (TPSA) is 89.8 Å². The Morgan fingerprint density at radius 3 is 2.48 bits per heavy atom. The Morgan fingerprint density at radius 2 is 1.80 bits per heavy atom. The summed E-state index contributed by atoms with van der Waals surface area (Å²) in [5.74, 6) is 0.507. The standard InChI is InChI=1S/C18H22N2O5/c21-17(19-10-9-13-3-1-2-4-15(13)11-19)12-25-18(22)14-5-7-16(8-6-14)20(23)24/h5-8,13,15H,1-4,9-12H2/t13-,15-/m1/s1. The number of nitrogens with zero attached hydrogens (tertiary/aromatic N) is 2. The molecule has 2 atom stereocenters. The molecule has 1 heterocycles. The van der Waals surface area contributed by atoms with Crippen molar-refractivity contribution in [3.8, 4) is 0 Å². The maximum Gasteiger partial charge on any atom is 0.338 e. The molecule has 0 N–H and O–H groups in total. The third-order valence-corrected chi connectivity index (χ3v) is 5.28. The number of hydrogen-bond donors (Lipinski definition) is 0. The lowest BCUT2D eigenvalue weighted by Gasteiger charge is -2.41. The Kier molecular flexibility index (Phi) is 5.31. The number of esters is 1. The average Bonchev–Trinajstić information content (AvgIpc) is 2.65. The van der Waals surface area contributed by atoms with E-state index in [0.717, 1.165) is 25.4 Å². The van der Waals surface area contributed by atoms with Crippen molar-refractivity contribution < 1.29 is 19.2 Å². The number of nitro benzene ring substituents is 1. The van der Waals surface area contributed by atoms with Gasteiger partial charge in [-0.25, -0.2) is 4.79 Å². The van der Waals surface area contributed by atoms with Crippen molar-refractivity contribution in [3.05, 3.63) is 39.9 Å². The zero-order chi connectivity index (χ0) is 17.8. The Morgan fingerprint density at radius 1 is 1.12 bits per heavy atom. The summed E-state index contributed by atoms with van der Waals surface area (Å²) >= 11 is 0. The number of piperidine rings is 1. The number of fused-ring (bicyclic) bond motifs is 1. The molecule has 134 valence electrons. The molecule has 0 bridgehead atoms. The van der Waals surface area contributed by atoms with E-state index < -0.39 is 10.9 Å². The van der Waals surface area contributed by atoms with Gasteiger partial charge >= 0.3 is 5.97 Å². The molecule has 1 amide bonds. The van der Waals surface area contributed by atoms with Gasteiger partial charge in [-0.15, -0.1) is 0 Å². The molecule has 0 spiro atoms. The van der Waals surface area contributed by atoms with Crippen LogP contribution in [0.25, 0.3) is 0 Å². The highest BCUT2D eigenvalue weighted by Gasteiger charge is 2.33. The third kappa shape index (κ3) is 4.15. The fraction of sp³-hybridized carbons (Fsp3) is 0.556. The smallest absolute Gasteiger partial charge is 0.338 e. The van der Waals surface area contributed by atoms with Gasteiger partial charge in [-0.05, 0) is 36.8 Å². The van der Waals surface area contributed by atoms with E-state index in [9.17, 15) is 19.7 Å². The molecular weight excluding hydrogens is 324 g/mol. The summed E-state index contributed by atoms with van der Waals surface area (Å²) in [5.41, 5.74) is 0.104. The number of hydrogen-bond acceptors (Lipinski definition) is 5. The van der Waals surface area contributed by atoms with E-state index in [1.807, 2.05) is 0 Å². The van der Waals surface area contributed by atoms with Crippen LogP contribution in [0.5, 0.6) is 0 Å². The van der Waals surface area contributed by atoms with Crippen molar-refractivity contribution in [2.24, 2.45) is 11.8 Å². The molecule has 1 saturated carbocycles. The summed E-state index contributed by atoms with van der Waals surface area (Å²) in [6, 6.07) is 5.15. The fourth-order valence-corrected chi connectivity index (χ4v) is 3.85. The lowest BCUT2D eigenvalue weighted by molar-refractivity contribution is -0.384. The predicted octanol–water partition coefficient (Wildman–Crippen LogP) is 2.79. The maximum absolute atomic E-state index is 12.3. The van der Waals surface area contributed by atoms with E-state index >= 15 is 0 Å². The molecule has 1 aromatic rings. The number of nitro groups is 1. The molecule has 25 heavy (non-hydrogen) atoms. The molecule has 0 aromatic heterocycles. The average molecular weight is 346 g/mol. The zero-order valence-corrected chi connectivity index (χ0v) is 14.1.